The topological polar surface area (TPSA) is 6.25 Å². The van der Waals surface area contributed by atoms with Gasteiger partial charge in [-0.2, -0.15) is 0 Å². The highest BCUT2D eigenvalue weighted by Crippen LogP contribution is 2.13. The zero-order valence-corrected chi connectivity index (χ0v) is 16.1. The standard InChI is InChI=1S/C18H39N2S/c1-6-7-8-9-10-11-12-13-14-15-16-17-21-18(19(2)3)20(4)5/h6-17H2,1-5H3/q+1. The molecule has 0 spiro atoms. The maximum atomic E-state index is 2.29. The van der Waals surface area contributed by atoms with Crippen LogP contribution in [0.4, 0.5) is 0 Å². The summed E-state index contributed by atoms with van der Waals surface area (Å²) in [6.07, 6.45) is 15.7. The molecule has 0 aromatic carbocycles. The van der Waals surface area contributed by atoms with E-state index in [1.807, 2.05) is 11.8 Å². The molecule has 0 radical (unpaired) electrons. The molecule has 0 aliphatic rings. The molecule has 0 fully saturated rings. The largest absolute Gasteiger partial charge is 0.307 e. The summed E-state index contributed by atoms with van der Waals surface area (Å²) in [5.74, 6) is 1.25. The molecule has 0 heterocycles. The molecule has 0 N–H and O–H groups in total. The lowest BCUT2D eigenvalue weighted by Crippen LogP contribution is -2.26. The lowest BCUT2D eigenvalue weighted by Gasteiger charge is -2.10. The number of thioether (sulfide) groups is 1. The van der Waals surface area contributed by atoms with Gasteiger partial charge in [-0.05, 0) is 18.2 Å². The highest BCUT2D eigenvalue weighted by Gasteiger charge is 2.11. The molecule has 0 atom stereocenters. The summed E-state index contributed by atoms with van der Waals surface area (Å²) in [6, 6.07) is 0. The first-order valence-corrected chi connectivity index (χ1v) is 9.92. The van der Waals surface area contributed by atoms with Crippen molar-refractivity contribution in [2.24, 2.45) is 0 Å². The van der Waals surface area contributed by atoms with Crippen molar-refractivity contribution < 1.29 is 4.58 Å². The van der Waals surface area contributed by atoms with Crippen LogP contribution >= 0.6 is 11.8 Å². The van der Waals surface area contributed by atoms with Crippen LogP contribution in [-0.2, 0) is 0 Å². The van der Waals surface area contributed by atoms with Gasteiger partial charge in [-0.15, -0.1) is 0 Å². The first-order valence-electron chi connectivity index (χ1n) is 8.94. The van der Waals surface area contributed by atoms with E-state index in [9.17, 15) is 0 Å². The lowest BCUT2D eigenvalue weighted by molar-refractivity contribution is -0.466. The Morgan fingerprint density at radius 3 is 1.57 bits per heavy atom. The van der Waals surface area contributed by atoms with Crippen molar-refractivity contribution in [3.05, 3.63) is 0 Å². The molecule has 0 aromatic rings. The van der Waals surface area contributed by atoms with Crippen molar-refractivity contribution in [1.82, 2.24) is 4.90 Å². The maximum absolute atomic E-state index is 2.29. The average molecular weight is 316 g/mol. The number of nitrogens with zero attached hydrogens (tertiary/aromatic N) is 2. The quantitative estimate of drug-likeness (QED) is 0.211. The second-order valence-electron chi connectivity index (χ2n) is 6.46. The van der Waals surface area contributed by atoms with E-state index in [1.54, 1.807) is 0 Å². The van der Waals surface area contributed by atoms with Crippen LogP contribution in [0.2, 0.25) is 0 Å². The van der Waals surface area contributed by atoms with Gasteiger partial charge in [-0.1, -0.05) is 71.1 Å². The van der Waals surface area contributed by atoms with Crippen LogP contribution in [0.15, 0.2) is 0 Å². The molecule has 0 unspecified atom stereocenters. The van der Waals surface area contributed by atoms with E-state index < -0.39 is 0 Å². The van der Waals surface area contributed by atoms with Crippen LogP contribution in [0.1, 0.15) is 77.6 Å². The van der Waals surface area contributed by atoms with Crippen LogP contribution in [0.25, 0.3) is 0 Å². The molecule has 0 bridgehead atoms. The minimum atomic E-state index is 1.25. The molecule has 0 aromatic heterocycles. The summed E-state index contributed by atoms with van der Waals surface area (Å²) in [6.45, 7) is 2.29. The number of amidine groups is 1. The molecule has 0 saturated heterocycles. The fourth-order valence-corrected chi connectivity index (χ4v) is 3.64. The van der Waals surface area contributed by atoms with Gasteiger partial charge >= 0.3 is 5.17 Å². The molecule has 3 heteroatoms. The van der Waals surface area contributed by atoms with Crippen molar-refractivity contribution in [2.75, 3.05) is 33.9 Å². The smallest absolute Gasteiger partial charge is 0.262 e. The number of hydrogen-bond donors (Lipinski definition) is 0. The van der Waals surface area contributed by atoms with E-state index in [4.69, 9.17) is 0 Å². The molecular weight excluding hydrogens is 276 g/mol. The van der Waals surface area contributed by atoms with Gasteiger partial charge < -0.3 is 0 Å². The van der Waals surface area contributed by atoms with Crippen molar-refractivity contribution in [2.45, 2.75) is 77.6 Å². The highest BCUT2D eigenvalue weighted by atomic mass is 32.2. The Hall–Kier alpha value is -0.180. The van der Waals surface area contributed by atoms with Gasteiger partial charge in [0.2, 0.25) is 0 Å². The third-order valence-corrected chi connectivity index (χ3v) is 5.23. The Morgan fingerprint density at radius 1 is 0.762 bits per heavy atom. The Labute approximate surface area is 138 Å². The molecule has 126 valence electrons. The first-order chi connectivity index (χ1) is 10.1. The second kappa shape index (κ2) is 14.7. The van der Waals surface area contributed by atoms with Crippen LogP contribution in [0.5, 0.6) is 0 Å². The summed E-state index contributed by atoms with van der Waals surface area (Å²) < 4.78 is 2.21. The summed E-state index contributed by atoms with van der Waals surface area (Å²) in [7, 11) is 8.51. The molecule has 0 amide bonds. The minimum absolute atomic E-state index is 1.25. The van der Waals surface area contributed by atoms with Gasteiger partial charge in [0.1, 0.15) is 0 Å². The fraction of sp³-hybridized carbons (Fsp3) is 0.944. The fourth-order valence-electron chi connectivity index (χ4n) is 2.59. The Morgan fingerprint density at radius 2 is 1.19 bits per heavy atom. The Bertz CT molecular complexity index is 258. The van der Waals surface area contributed by atoms with Gasteiger partial charge in [0.25, 0.3) is 0 Å². The van der Waals surface area contributed by atoms with Crippen LogP contribution in [-0.4, -0.2) is 48.6 Å². The normalized spacial score (nSPS) is 10.7. The maximum Gasteiger partial charge on any atom is 0.307 e. The van der Waals surface area contributed by atoms with Gasteiger partial charge in [-0.3, -0.25) is 9.48 Å². The van der Waals surface area contributed by atoms with Crippen LogP contribution in [0.3, 0.4) is 0 Å². The summed E-state index contributed by atoms with van der Waals surface area (Å²) in [5.41, 5.74) is 0. The van der Waals surface area contributed by atoms with Gasteiger partial charge in [0, 0.05) is 5.75 Å². The molecule has 0 saturated carbocycles. The van der Waals surface area contributed by atoms with E-state index in [0.717, 1.165) is 0 Å². The second-order valence-corrected chi connectivity index (χ2v) is 7.52. The van der Waals surface area contributed by atoms with E-state index in [0.29, 0.717) is 0 Å². The van der Waals surface area contributed by atoms with E-state index in [2.05, 4.69) is 44.6 Å². The Kier molecular flexibility index (Phi) is 14.6. The number of hydrogen-bond acceptors (Lipinski definition) is 1. The third kappa shape index (κ3) is 13.2. The summed E-state index contributed by atoms with van der Waals surface area (Å²) in [4.78, 5) is 2.21. The van der Waals surface area contributed by atoms with Gasteiger partial charge in [-0.25, -0.2) is 0 Å². The summed E-state index contributed by atoms with van der Waals surface area (Å²) in [5, 5.41) is 1.36. The minimum Gasteiger partial charge on any atom is -0.262 e. The number of unbranched alkanes of at least 4 members (excludes halogenated alkanes) is 10. The van der Waals surface area contributed by atoms with Crippen molar-refractivity contribution in [3.8, 4) is 0 Å². The molecule has 2 nitrogen and oxygen atoms in total. The van der Waals surface area contributed by atoms with Crippen molar-refractivity contribution in [1.29, 1.82) is 0 Å². The van der Waals surface area contributed by atoms with Gasteiger partial charge in [0.15, 0.2) is 0 Å². The van der Waals surface area contributed by atoms with Crippen molar-refractivity contribution in [3.63, 3.8) is 0 Å². The predicted octanol–water partition coefficient (Wildman–Crippen LogP) is 5.22. The molecule has 21 heavy (non-hydrogen) atoms. The molecule has 0 rings (SSSR count). The molecule has 0 aliphatic carbocycles. The van der Waals surface area contributed by atoms with Crippen LogP contribution in [0, 0.1) is 0 Å². The molecular formula is C18H39N2S+. The zero-order valence-electron chi connectivity index (χ0n) is 15.3. The summed E-state index contributed by atoms with van der Waals surface area (Å²) >= 11 is 1.99. The van der Waals surface area contributed by atoms with E-state index in [1.165, 1.54) is 81.5 Å². The monoisotopic (exact) mass is 315 g/mol. The van der Waals surface area contributed by atoms with Crippen molar-refractivity contribution >= 4 is 16.9 Å². The third-order valence-electron chi connectivity index (χ3n) is 3.74. The Balaban J connectivity index is 3.31. The molecule has 0 aliphatic heterocycles. The van der Waals surface area contributed by atoms with Crippen LogP contribution < -0.4 is 0 Å². The number of rotatable bonds is 12. The first kappa shape index (κ1) is 20.8. The predicted molar refractivity (Wildman–Crippen MR) is 99.7 cm³/mol. The lowest BCUT2D eigenvalue weighted by atomic mass is 10.1. The van der Waals surface area contributed by atoms with E-state index >= 15 is 0 Å². The zero-order chi connectivity index (χ0) is 15.9. The average Bonchev–Trinajstić information content (AvgIpc) is 2.43. The SMILES string of the molecule is CCCCCCCCCCCCCSC(N(C)C)=[N+](C)C. The highest BCUT2D eigenvalue weighted by molar-refractivity contribution is 8.13. The van der Waals surface area contributed by atoms with Gasteiger partial charge in [0.05, 0.1) is 28.2 Å². The van der Waals surface area contributed by atoms with E-state index in [-0.39, 0.29) is 0 Å².